The lowest BCUT2D eigenvalue weighted by Crippen LogP contribution is -2.40. The van der Waals surface area contributed by atoms with E-state index in [9.17, 15) is 13.2 Å². The maximum Gasteiger partial charge on any atom is 0.261 e. The highest BCUT2D eigenvalue weighted by Crippen LogP contribution is 2.35. The zero-order valence-electron chi connectivity index (χ0n) is 20.5. The van der Waals surface area contributed by atoms with Crippen LogP contribution in [0.25, 0.3) is 0 Å². The molecule has 188 valence electrons. The maximum atomic E-state index is 13.0. The number of allylic oxidation sites excluding steroid dienone is 1. The average Bonchev–Trinajstić information content (AvgIpc) is 2.89. The normalized spacial score (nSPS) is 17.3. The van der Waals surface area contributed by atoms with Crippen LogP contribution in [0.4, 0.5) is 5.69 Å². The van der Waals surface area contributed by atoms with Crippen molar-refractivity contribution < 1.29 is 22.7 Å². The van der Waals surface area contributed by atoms with E-state index >= 15 is 0 Å². The van der Waals surface area contributed by atoms with Crippen molar-refractivity contribution in [3.05, 3.63) is 95.6 Å². The van der Waals surface area contributed by atoms with E-state index in [1.165, 1.54) is 0 Å². The van der Waals surface area contributed by atoms with Gasteiger partial charge in [-0.05, 0) is 73.9 Å². The number of carbonyl (C=O) groups excluding carboxylic acids is 1. The third kappa shape index (κ3) is 5.71. The standard InChI is InChI=1S/C28H30N2O5S/c1-19-8-15-23(16-9-19)36(32,33)30-22-13-10-20(11-14-22)28(31)29-25-7-5-4-6-24(25)21-12-17-26(34-2)27(18-21)35-3/h4-5,8-18,24-25,30H,6-7H2,1-3H3,(H,29,31)/t24-,25+/m0/s1. The maximum absolute atomic E-state index is 13.0. The quantitative estimate of drug-likeness (QED) is 0.417. The fraction of sp³-hybridized carbons (Fsp3) is 0.250. The van der Waals surface area contributed by atoms with Gasteiger partial charge >= 0.3 is 0 Å². The van der Waals surface area contributed by atoms with Crippen LogP contribution >= 0.6 is 0 Å². The second-order valence-corrected chi connectivity index (χ2v) is 10.4. The molecule has 0 aromatic heterocycles. The zero-order valence-corrected chi connectivity index (χ0v) is 21.3. The van der Waals surface area contributed by atoms with Crippen molar-refractivity contribution in [3.8, 4) is 11.5 Å². The topological polar surface area (TPSA) is 93.7 Å². The number of ether oxygens (including phenoxy) is 2. The van der Waals surface area contributed by atoms with Gasteiger partial charge in [-0.1, -0.05) is 35.9 Å². The van der Waals surface area contributed by atoms with Crippen molar-refractivity contribution in [3.63, 3.8) is 0 Å². The first-order chi connectivity index (χ1) is 17.3. The van der Waals surface area contributed by atoms with E-state index in [0.717, 1.165) is 17.5 Å². The number of sulfonamides is 1. The SMILES string of the molecule is COc1ccc([C@@H]2CC=CC[C@H]2NC(=O)c2ccc(NS(=O)(=O)c3ccc(C)cc3)cc2)cc1OC. The average molecular weight is 507 g/mol. The lowest BCUT2D eigenvalue weighted by atomic mass is 9.83. The lowest BCUT2D eigenvalue weighted by Gasteiger charge is -2.30. The molecule has 0 bridgehead atoms. The summed E-state index contributed by atoms with van der Waals surface area (Å²) < 4.78 is 38.6. The summed E-state index contributed by atoms with van der Waals surface area (Å²) in [6.07, 6.45) is 5.70. The van der Waals surface area contributed by atoms with Crippen molar-refractivity contribution in [2.75, 3.05) is 18.9 Å². The molecule has 0 saturated carbocycles. The summed E-state index contributed by atoms with van der Waals surface area (Å²) in [7, 11) is -0.509. The smallest absolute Gasteiger partial charge is 0.261 e. The van der Waals surface area contributed by atoms with Crippen LogP contribution in [0.1, 0.15) is 40.2 Å². The molecular weight excluding hydrogens is 476 g/mol. The number of methoxy groups -OCH3 is 2. The predicted octanol–water partition coefficient (Wildman–Crippen LogP) is 5.05. The lowest BCUT2D eigenvalue weighted by molar-refractivity contribution is 0.0930. The molecule has 2 atom stereocenters. The van der Waals surface area contributed by atoms with Gasteiger partial charge in [0.05, 0.1) is 19.1 Å². The van der Waals surface area contributed by atoms with Crippen molar-refractivity contribution in [1.29, 1.82) is 0 Å². The summed E-state index contributed by atoms with van der Waals surface area (Å²) in [5, 5.41) is 3.15. The summed E-state index contributed by atoms with van der Waals surface area (Å²) in [5.41, 5.74) is 2.87. The van der Waals surface area contributed by atoms with E-state index in [2.05, 4.69) is 22.2 Å². The van der Waals surface area contributed by atoms with E-state index in [1.54, 1.807) is 62.8 Å². The van der Waals surface area contributed by atoms with Gasteiger partial charge in [0.2, 0.25) is 0 Å². The van der Waals surface area contributed by atoms with Crippen LogP contribution in [-0.2, 0) is 10.0 Å². The molecule has 1 amide bonds. The molecule has 0 unspecified atom stereocenters. The molecule has 0 spiro atoms. The third-order valence-corrected chi connectivity index (χ3v) is 7.71. The molecule has 0 fully saturated rings. The van der Waals surface area contributed by atoms with E-state index in [0.29, 0.717) is 29.2 Å². The summed E-state index contributed by atoms with van der Waals surface area (Å²) in [6.45, 7) is 1.90. The van der Waals surface area contributed by atoms with E-state index < -0.39 is 10.0 Å². The number of benzene rings is 3. The van der Waals surface area contributed by atoms with Crippen LogP contribution in [0.15, 0.2) is 83.8 Å². The van der Waals surface area contributed by atoms with Gasteiger partial charge in [0.1, 0.15) is 0 Å². The Morgan fingerprint density at radius 3 is 2.19 bits per heavy atom. The number of amides is 1. The summed E-state index contributed by atoms with van der Waals surface area (Å²) >= 11 is 0. The minimum atomic E-state index is -3.71. The van der Waals surface area contributed by atoms with E-state index in [4.69, 9.17) is 9.47 Å². The number of nitrogens with one attached hydrogen (secondary N) is 2. The minimum absolute atomic E-state index is 0.0827. The second kappa shape index (κ2) is 10.9. The largest absolute Gasteiger partial charge is 0.493 e. The molecule has 4 rings (SSSR count). The van der Waals surface area contributed by atoms with Gasteiger partial charge in [0.15, 0.2) is 11.5 Å². The van der Waals surface area contributed by atoms with Gasteiger partial charge < -0.3 is 14.8 Å². The van der Waals surface area contributed by atoms with Gasteiger partial charge in [-0.25, -0.2) is 8.42 Å². The number of aryl methyl sites for hydroxylation is 1. The number of rotatable bonds is 8. The van der Waals surface area contributed by atoms with E-state index in [1.807, 2.05) is 25.1 Å². The molecule has 7 nitrogen and oxygen atoms in total. The molecule has 0 radical (unpaired) electrons. The highest BCUT2D eigenvalue weighted by atomic mass is 32.2. The van der Waals surface area contributed by atoms with Crippen LogP contribution in [0.5, 0.6) is 11.5 Å². The van der Waals surface area contributed by atoms with Crippen LogP contribution in [-0.4, -0.2) is 34.6 Å². The molecule has 1 aliphatic rings. The van der Waals surface area contributed by atoms with Crippen LogP contribution in [0.2, 0.25) is 0 Å². The molecule has 0 saturated heterocycles. The molecule has 1 aliphatic carbocycles. The molecule has 0 aliphatic heterocycles. The molecule has 8 heteroatoms. The molecule has 36 heavy (non-hydrogen) atoms. The predicted molar refractivity (Wildman–Crippen MR) is 140 cm³/mol. The first kappa shape index (κ1) is 25.3. The summed E-state index contributed by atoms with van der Waals surface area (Å²) in [6, 6.07) is 18.8. The highest BCUT2D eigenvalue weighted by molar-refractivity contribution is 7.92. The molecule has 0 heterocycles. The fourth-order valence-electron chi connectivity index (χ4n) is 4.30. The number of hydrogen-bond donors (Lipinski definition) is 2. The summed E-state index contributed by atoms with van der Waals surface area (Å²) in [4.78, 5) is 13.2. The Bertz CT molecular complexity index is 1350. The van der Waals surface area contributed by atoms with Crippen LogP contribution < -0.4 is 19.5 Å². The Balaban J connectivity index is 1.46. The van der Waals surface area contributed by atoms with Crippen molar-refractivity contribution in [1.82, 2.24) is 5.32 Å². The van der Waals surface area contributed by atoms with Gasteiger partial charge in [-0.15, -0.1) is 0 Å². The van der Waals surface area contributed by atoms with Gasteiger partial charge in [-0.2, -0.15) is 0 Å². The third-order valence-electron chi connectivity index (χ3n) is 6.32. The van der Waals surface area contributed by atoms with Gasteiger partial charge in [0.25, 0.3) is 15.9 Å². The molecule has 3 aromatic carbocycles. The minimum Gasteiger partial charge on any atom is -0.493 e. The molecular formula is C28H30N2O5S. The first-order valence-electron chi connectivity index (χ1n) is 11.7. The number of hydrogen-bond acceptors (Lipinski definition) is 5. The molecule has 3 aromatic rings. The van der Waals surface area contributed by atoms with Gasteiger partial charge in [-0.3, -0.25) is 9.52 Å². The Kier molecular flexibility index (Phi) is 7.64. The highest BCUT2D eigenvalue weighted by Gasteiger charge is 2.27. The van der Waals surface area contributed by atoms with E-state index in [-0.39, 0.29) is 22.8 Å². The second-order valence-electron chi connectivity index (χ2n) is 8.74. The van der Waals surface area contributed by atoms with Crippen molar-refractivity contribution >= 4 is 21.6 Å². The Hall–Kier alpha value is -3.78. The van der Waals surface area contributed by atoms with Crippen molar-refractivity contribution in [2.45, 2.75) is 36.6 Å². The fourth-order valence-corrected chi connectivity index (χ4v) is 5.36. The monoisotopic (exact) mass is 506 g/mol. The van der Waals surface area contributed by atoms with Crippen LogP contribution in [0.3, 0.4) is 0 Å². The molecule has 2 N–H and O–H groups in total. The Morgan fingerprint density at radius 1 is 0.861 bits per heavy atom. The Labute approximate surface area is 212 Å². The zero-order chi connectivity index (χ0) is 25.7. The summed E-state index contributed by atoms with van der Waals surface area (Å²) in [5.74, 6) is 1.18. The first-order valence-corrected chi connectivity index (χ1v) is 13.2. The van der Waals surface area contributed by atoms with Crippen molar-refractivity contribution in [2.24, 2.45) is 0 Å². The van der Waals surface area contributed by atoms with Gasteiger partial charge in [0, 0.05) is 23.2 Å². The van der Waals surface area contributed by atoms with Crippen LogP contribution in [0, 0.1) is 6.92 Å². The number of anilines is 1. The number of carbonyl (C=O) groups is 1. The Morgan fingerprint density at radius 2 is 1.53 bits per heavy atom.